The number of pyridine rings is 1. The summed E-state index contributed by atoms with van der Waals surface area (Å²) in [5.74, 6) is -0.159. The third-order valence-corrected chi connectivity index (χ3v) is 7.12. The number of carbonyl (C=O) groups excluding carboxylic acids is 1. The van der Waals surface area contributed by atoms with Gasteiger partial charge in [-0.25, -0.2) is 19.8 Å². The number of rotatable bonds is 8. The normalized spacial score (nSPS) is 14.3. The Morgan fingerprint density at radius 3 is 2.44 bits per heavy atom. The van der Waals surface area contributed by atoms with E-state index in [4.69, 9.17) is 0 Å². The minimum Gasteiger partial charge on any atom is -0.476 e. The molecule has 43 heavy (non-hydrogen) atoms. The smallest absolute Gasteiger partial charge is 0.356 e. The average molecular weight is 585 g/mol. The number of aryl methyl sites for hydroxylation is 1. The lowest BCUT2D eigenvalue weighted by atomic mass is 9.91. The molecule has 4 aromatic rings. The van der Waals surface area contributed by atoms with Crippen LogP contribution in [0, 0.1) is 6.92 Å². The number of hydrogen-bond acceptors (Lipinski definition) is 10. The number of nitrogens with zero attached hydrogens (tertiary/aromatic N) is 7. The van der Waals surface area contributed by atoms with Crippen LogP contribution in [0.25, 0.3) is 5.82 Å². The zero-order valence-corrected chi connectivity index (χ0v) is 24.9. The Bertz CT molecular complexity index is 1640. The minimum atomic E-state index is -1.18. The SMILES string of the molecule is Cc1ccc(C(=O)Nc2ccnc(C(C)(C)C)c2)cc1Nc1cc(C(=O)O)nn1-c1cc(NN2CCN(C)CC2)ncn1. The second kappa shape index (κ2) is 12.2. The number of hydrogen-bond donors (Lipinski definition) is 4. The van der Waals surface area contributed by atoms with Crippen molar-refractivity contribution in [2.24, 2.45) is 0 Å². The molecule has 4 heterocycles. The Hall–Kier alpha value is -4.88. The molecule has 0 unspecified atom stereocenters. The van der Waals surface area contributed by atoms with Gasteiger partial charge in [0.25, 0.3) is 5.91 Å². The summed E-state index contributed by atoms with van der Waals surface area (Å²) in [6.07, 6.45) is 3.08. The number of carboxylic acids is 1. The molecule has 0 saturated carbocycles. The van der Waals surface area contributed by atoms with Gasteiger partial charge in [0.05, 0.1) is 0 Å². The number of piperazine rings is 1. The van der Waals surface area contributed by atoms with Crippen molar-refractivity contribution in [1.29, 1.82) is 0 Å². The van der Waals surface area contributed by atoms with Crippen LogP contribution in [-0.4, -0.2) is 84.9 Å². The molecule has 224 valence electrons. The molecule has 13 nitrogen and oxygen atoms in total. The summed E-state index contributed by atoms with van der Waals surface area (Å²) in [5, 5.41) is 22.3. The molecule has 0 bridgehead atoms. The highest BCUT2D eigenvalue weighted by Crippen LogP contribution is 2.27. The number of likely N-dealkylation sites (N-methyl/N-ethyl adjacent to an activating group) is 1. The van der Waals surface area contributed by atoms with Crippen LogP contribution in [0.2, 0.25) is 0 Å². The zero-order valence-electron chi connectivity index (χ0n) is 24.9. The van der Waals surface area contributed by atoms with E-state index in [1.165, 1.54) is 17.1 Å². The third-order valence-electron chi connectivity index (χ3n) is 7.12. The molecule has 1 fully saturated rings. The first-order chi connectivity index (χ1) is 20.5. The van der Waals surface area contributed by atoms with Gasteiger partial charge in [-0.05, 0) is 43.8 Å². The van der Waals surface area contributed by atoms with Gasteiger partial charge in [0.2, 0.25) is 0 Å². The molecule has 0 spiro atoms. The first kappa shape index (κ1) is 29.6. The standard InChI is InChI=1S/C30H36N10O3/c1-19-6-7-20(28(41)34-21-8-9-31-24(15-21)30(2,3)4)14-22(19)35-27-16-23(29(42)43)36-40(27)26-17-25(32-18-33-26)37-39-12-10-38(5)11-13-39/h6-9,14-18,35H,10-13H2,1-5H3,(H,42,43)(H,31,34,41)(H,32,33,37). The monoisotopic (exact) mass is 584 g/mol. The number of nitrogens with one attached hydrogen (secondary N) is 3. The molecule has 1 aliphatic heterocycles. The molecule has 0 aliphatic carbocycles. The summed E-state index contributed by atoms with van der Waals surface area (Å²) >= 11 is 0. The van der Waals surface area contributed by atoms with Crippen molar-refractivity contribution < 1.29 is 14.7 Å². The summed E-state index contributed by atoms with van der Waals surface area (Å²) in [4.78, 5) is 40.4. The maximum absolute atomic E-state index is 13.2. The van der Waals surface area contributed by atoms with E-state index in [-0.39, 0.29) is 17.0 Å². The van der Waals surface area contributed by atoms with Crippen LogP contribution in [0.15, 0.2) is 55.0 Å². The maximum atomic E-state index is 13.2. The van der Waals surface area contributed by atoms with Gasteiger partial charge in [0, 0.05) is 72.6 Å². The number of hydrazine groups is 1. The van der Waals surface area contributed by atoms with Gasteiger partial charge in [0.15, 0.2) is 11.5 Å². The van der Waals surface area contributed by atoms with Gasteiger partial charge in [-0.1, -0.05) is 26.8 Å². The van der Waals surface area contributed by atoms with Crippen molar-refractivity contribution in [3.63, 3.8) is 0 Å². The molecule has 1 aromatic carbocycles. The lowest BCUT2D eigenvalue weighted by Crippen LogP contribution is -2.47. The molecular formula is C30H36N10O3. The number of aromatic carboxylic acids is 1. The van der Waals surface area contributed by atoms with Crippen molar-refractivity contribution in [3.05, 3.63) is 77.5 Å². The first-order valence-corrected chi connectivity index (χ1v) is 14.0. The van der Waals surface area contributed by atoms with E-state index in [1.54, 1.807) is 30.5 Å². The van der Waals surface area contributed by atoms with Crippen LogP contribution in [0.5, 0.6) is 0 Å². The second-order valence-corrected chi connectivity index (χ2v) is 11.6. The fraction of sp³-hybridized carbons (Fsp3) is 0.333. The molecule has 4 N–H and O–H groups in total. The number of carbonyl (C=O) groups is 2. The first-order valence-electron chi connectivity index (χ1n) is 14.0. The van der Waals surface area contributed by atoms with Gasteiger partial charge in [-0.2, -0.15) is 9.78 Å². The van der Waals surface area contributed by atoms with E-state index in [2.05, 4.69) is 73.8 Å². The third kappa shape index (κ3) is 7.13. The summed E-state index contributed by atoms with van der Waals surface area (Å²) in [5.41, 5.74) is 6.38. The van der Waals surface area contributed by atoms with E-state index in [0.29, 0.717) is 34.4 Å². The van der Waals surface area contributed by atoms with Crippen molar-refractivity contribution in [1.82, 2.24) is 34.6 Å². The van der Waals surface area contributed by atoms with Crippen LogP contribution in [-0.2, 0) is 5.41 Å². The van der Waals surface area contributed by atoms with Gasteiger partial charge in [-0.3, -0.25) is 9.78 Å². The highest BCUT2D eigenvalue weighted by Gasteiger charge is 2.20. The number of anilines is 4. The van der Waals surface area contributed by atoms with Crippen molar-refractivity contribution >= 4 is 34.9 Å². The topological polar surface area (TPSA) is 153 Å². The predicted octanol–water partition coefficient (Wildman–Crippen LogP) is 3.93. The number of benzene rings is 1. The highest BCUT2D eigenvalue weighted by atomic mass is 16.4. The van der Waals surface area contributed by atoms with Gasteiger partial charge in [-0.15, -0.1) is 0 Å². The minimum absolute atomic E-state index is 0.159. The second-order valence-electron chi connectivity index (χ2n) is 11.6. The molecule has 13 heteroatoms. The number of amides is 1. The summed E-state index contributed by atoms with van der Waals surface area (Å²) < 4.78 is 1.41. The van der Waals surface area contributed by atoms with Gasteiger partial charge in [0.1, 0.15) is 18.0 Å². The van der Waals surface area contributed by atoms with Crippen LogP contribution in [0.3, 0.4) is 0 Å². The highest BCUT2D eigenvalue weighted by molar-refractivity contribution is 6.05. The number of aromatic nitrogens is 5. The van der Waals surface area contributed by atoms with E-state index in [9.17, 15) is 14.7 Å². The van der Waals surface area contributed by atoms with Crippen LogP contribution in [0.1, 0.15) is 52.9 Å². The summed E-state index contributed by atoms with van der Waals surface area (Å²) in [7, 11) is 2.08. The molecule has 3 aromatic heterocycles. The lowest BCUT2D eigenvalue weighted by molar-refractivity contribution is 0.0689. The fourth-order valence-corrected chi connectivity index (χ4v) is 4.51. The Morgan fingerprint density at radius 1 is 0.953 bits per heavy atom. The Balaban J connectivity index is 1.39. The molecule has 1 saturated heterocycles. The molecule has 1 amide bonds. The summed E-state index contributed by atoms with van der Waals surface area (Å²) in [6, 6.07) is 12.0. The molecular weight excluding hydrogens is 548 g/mol. The zero-order chi connectivity index (χ0) is 30.7. The number of carboxylic acid groups (broad SMARTS) is 1. The predicted molar refractivity (Wildman–Crippen MR) is 164 cm³/mol. The van der Waals surface area contributed by atoms with E-state index in [0.717, 1.165) is 37.4 Å². The van der Waals surface area contributed by atoms with Gasteiger partial charge >= 0.3 is 5.97 Å². The molecule has 5 rings (SSSR count). The van der Waals surface area contributed by atoms with E-state index in [1.807, 2.05) is 19.1 Å². The van der Waals surface area contributed by atoms with Gasteiger partial charge < -0.3 is 26.1 Å². The average Bonchev–Trinajstić information content (AvgIpc) is 3.39. The lowest BCUT2D eigenvalue weighted by Gasteiger charge is -2.32. The van der Waals surface area contributed by atoms with Crippen LogP contribution >= 0.6 is 0 Å². The van der Waals surface area contributed by atoms with Crippen molar-refractivity contribution in [3.8, 4) is 5.82 Å². The fourth-order valence-electron chi connectivity index (χ4n) is 4.51. The maximum Gasteiger partial charge on any atom is 0.356 e. The van der Waals surface area contributed by atoms with Crippen LogP contribution in [0.4, 0.5) is 23.0 Å². The largest absolute Gasteiger partial charge is 0.476 e. The van der Waals surface area contributed by atoms with E-state index >= 15 is 0 Å². The molecule has 0 radical (unpaired) electrons. The Labute approximate surface area is 249 Å². The quantitative estimate of drug-likeness (QED) is 0.238. The van der Waals surface area contributed by atoms with Crippen molar-refractivity contribution in [2.75, 3.05) is 49.3 Å². The van der Waals surface area contributed by atoms with Crippen LogP contribution < -0.4 is 16.1 Å². The van der Waals surface area contributed by atoms with E-state index < -0.39 is 5.97 Å². The summed E-state index contributed by atoms with van der Waals surface area (Å²) in [6.45, 7) is 11.6. The molecule has 0 atom stereocenters. The Morgan fingerprint density at radius 2 is 1.72 bits per heavy atom. The molecule has 1 aliphatic rings. The Kier molecular flexibility index (Phi) is 8.37. The van der Waals surface area contributed by atoms with Crippen molar-refractivity contribution in [2.45, 2.75) is 33.1 Å².